The maximum atomic E-state index is 12.9. The molecule has 4 saturated heterocycles. The van der Waals surface area contributed by atoms with Gasteiger partial charge in [0.2, 0.25) is 0 Å². The number of ether oxygens (including phenoxy) is 8. The Balaban J connectivity index is 1.05. The summed E-state index contributed by atoms with van der Waals surface area (Å²) in [4.78, 5) is 0. The average Bonchev–Trinajstić information content (AvgIpc) is 3.78. The van der Waals surface area contributed by atoms with Gasteiger partial charge in [-0.25, -0.2) is 0 Å². The fourth-order valence-electron chi connectivity index (χ4n) is 16.5. The zero-order valence-electron chi connectivity index (χ0n) is 46.5. The summed E-state index contributed by atoms with van der Waals surface area (Å²) in [6.45, 7) is 14.4. The minimum Gasteiger partial charge on any atom is -0.394 e. The van der Waals surface area contributed by atoms with Crippen molar-refractivity contribution in [2.45, 2.75) is 260 Å². The average molecular weight is 1120 g/mol. The van der Waals surface area contributed by atoms with Gasteiger partial charge in [-0.2, -0.15) is 0 Å². The van der Waals surface area contributed by atoms with Gasteiger partial charge in [0.25, 0.3) is 0 Å². The van der Waals surface area contributed by atoms with Gasteiger partial charge in [0.1, 0.15) is 97.7 Å². The molecule has 30 unspecified atom stereocenters. The molecule has 78 heavy (non-hydrogen) atoms. The number of hydrogen-bond acceptors (Lipinski definition) is 23. The first kappa shape index (κ1) is 62.9. The zero-order valence-corrected chi connectivity index (χ0v) is 46.5. The first-order valence-electron chi connectivity index (χ1n) is 28.4. The summed E-state index contributed by atoms with van der Waals surface area (Å²) in [5, 5.41) is 163. The van der Waals surface area contributed by atoms with Gasteiger partial charge in [-0.05, 0) is 130 Å². The molecule has 0 amide bonds. The summed E-state index contributed by atoms with van der Waals surface area (Å²) in [5.41, 5.74) is -1.65. The van der Waals surface area contributed by atoms with Crippen molar-refractivity contribution in [1.29, 1.82) is 0 Å². The number of hydrogen-bond donors (Lipinski definition) is 15. The third kappa shape index (κ3) is 11.0. The van der Waals surface area contributed by atoms with Crippen LogP contribution in [0.25, 0.3) is 0 Å². The van der Waals surface area contributed by atoms with E-state index in [-0.39, 0.29) is 34.5 Å². The lowest BCUT2D eigenvalue weighted by molar-refractivity contribution is -0.382. The van der Waals surface area contributed by atoms with Crippen molar-refractivity contribution in [3.05, 3.63) is 11.6 Å². The van der Waals surface area contributed by atoms with Crippen molar-refractivity contribution in [2.24, 2.45) is 45.3 Å². The lowest BCUT2D eigenvalue weighted by Gasteiger charge is -2.71. The molecule has 8 aliphatic rings. The van der Waals surface area contributed by atoms with Gasteiger partial charge in [-0.3, -0.25) is 0 Å². The molecule has 4 aliphatic carbocycles. The van der Waals surface area contributed by atoms with E-state index >= 15 is 0 Å². The molecule has 4 saturated carbocycles. The molecule has 23 nitrogen and oxygen atoms in total. The minimum atomic E-state index is -1.85. The highest BCUT2D eigenvalue weighted by molar-refractivity contribution is 5.20. The third-order valence-electron chi connectivity index (χ3n) is 21.2. The van der Waals surface area contributed by atoms with E-state index in [1.54, 1.807) is 0 Å². The molecule has 0 spiro atoms. The zero-order chi connectivity index (χ0) is 57.4. The monoisotopic (exact) mass is 1120 g/mol. The van der Waals surface area contributed by atoms with E-state index in [9.17, 15) is 76.6 Å². The largest absolute Gasteiger partial charge is 0.394 e. The second-order valence-corrected chi connectivity index (χ2v) is 26.1. The van der Waals surface area contributed by atoms with E-state index in [2.05, 4.69) is 40.7 Å². The molecule has 30 atom stereocenters. The molecule has 0 aromatic carbocycles. The van der Waals surface area contributed by atoms with Crippen molar-refractivity contribution in [3.63, 3.8) is 0 Å². The molecule has 0 radical (unpaired) electrons. The second kappa shape index (κ2) is 24.1. The molecule has 23 heteroatoms. The first-order chi connectivity index (χ1) is 36.6. The van der Waals surface area contributed by atoms with Crippen LogP contribution in [0.5, 0.6) is 0 Å². The van der Waals surface area contributed by atoms with Crippen molar-refractivity contribution in [3.8, 4) is 0 Å². The Hall–Kier alpha value is -1.18. The van der Waals surface area contributed by atoms with Crippen molar-refractivity contribution >= 4 is 0 Å². The van der Waals surface area contributed by atoms with Gasteiger partial charge in [-0.15, -0.1) is 0 Å². The lowest BCUT2D eigenvalue weighted by atomic mass is 9.35. The Kier molecular flexibility index (Phi) is 19.4. The molecule has 8 rings (SSSR count). The van der Waals surface area contributed by atoms with Crippen LogP contribution in [0.4, 0.5) is 0 Å². The summed E-state index contributed by atoms with van der Waals surface area (Å²) < 4.78 is 49.8. The van der Waals surface area contributed by atoms with Crippen molar-refractivity contribution < 1.29 is 114 Å². The summed E-state index contributed by atoms with van der Waals surface area (Å²) in [7, 11) is 0. The number of aliphatic hydroxyl groups excluding tert-OH is 15. The van der Waals surface area contributed by atoms with E-state index in [1.165, 1.54) is 0 Å². The van der Waals surface area contributed by atoms with Gasteiger partial charge >= 0.3 is 0 Å². The van der Waals surface area contributed by atoms with E-state index in [0.717, 1.165) is 24.8 Å². The Morgan fingerprint density at radius 2 is 0.987 bits per heavy atom. The molecular formula is C55H94O23. The Labute approximate surface area is 457 Å². The summed E-state index contributed by atoms with van der Waals surface area (Å²) in [6.07, 6.45) is -24.9. The van der Waals surface area contributed by atoms with Gasteiger partial charge in [0, 0.05) is 0 Å². The van der Waals surface area contributed by atoms with Gasteiger partial charge in [-0.1, -0.05) is 46.3 Å². The first-order valence-corrected chi connectivity index (χ1v) is 28.4. The molecule has 0 aromatic heterocycles. The highest BCUT2D eigenvalue weighted by atomic mass is 16.8. The Bertz CT molecular complexity index is 2010. The number of unbranched alkanes of at least 4 members (excludes halogenated alkanes) is 1. The molecule has 4 aliphatic heterocycles. The van der Waals surface area contributed by atoms with Crippen LogP contribution in [0.2, 0.25) is 0 Å². The predicted molar refractivity (Wildman–Crippen MR) is 271 cm³/mol. The number of rotatable bonds is 17. The molecular weight excluding hydrogens is 1030 g/mol. The van der Waals surface area contributed by atoms with Crippen LogP contribution in [-0.2, 0) is 37.9 Å². The highest BCUT2D eigenvalue weighted by Crippen LogP contribution is 2.76. The summed E-state index contributed by atoms with van der Waals surface area (Å²) >= 11 is 0. The van der Waals surface area contributed by atoms with Crippen LogP contribution in [0.3, 0.4) is 0 Å². The van der Waals surface area contributed by atoms with Crippen molar-refractivity contribution in [2.75, 3.05) is 26.4 Å². The van der Waals surface area contributed by atoms with E-state index in [4.69, 9.17) is 37.9 Å². The fraction of sp³-hybridized carbons (Fsp3) is 0.964. The molecule has 0 bridgehead atoms. The quantitative estimate of drug-likeness (QED) is 0.0433. The van der Waals surface area contributed by atoms with Gasteiger partial charge < -0.3 is 114 Å². The molecule has 4 heterocycles. The standard InChI is InChI=1S/C55H94O23/c1-24(2)11-9-10-15-55(8,78-50-46(42(68)38(64)30(23-59)74-50)77-48-44(70)40(66)36(62)28(21-57)72-48)25-12-17-54(7)34(25)26(60)19-32-52(5)16-14-33(51(3,4)31(52)13-18-53(32,54)6)75-49-45(41(67)37(63)29(22-58)73-49)76-47-43(69)39(65)35(61)27(20-56)71-47/h11,25-50,56-70H,9-10,12-23H2,1-8H3. The topological polar surface area (TPSA) is 377 Å². The number of fused-ring (bicyclic) bond motifs is 5. The van der Waals surface area contributed by atoms with E-state index in [0.29, 0.717) is 44.9 Å². The smallest absolute Gasteiger partial charge is 0.187 e. The lowest BCUT2D eigenvalue weighted by Crippen LogP contribution is -2.68. The normalized spacial score (nSPS) is 52.1. The maximum Gasteiger partial charge on any atom is 0.187 e. The summed E-state index contributed by atoms with van der Waals surface area (Å²) in [5.74, 6) is -0.556. The summed E-state index contributed by atoms with van der Waals surface area (Å²) in [6, 6.07) is 0. The third-order valence-corrected chi connectivity index (χ3v) is 21.2. The van der Waals surface area contributed by atoms with Crippen LogP contribution < -0.4 is 0 Å². The van der Waals surface area contributed by atoms with Crippen LogP contribution in [0, 0.1) is 45.3 Å². The Morgan fingerprint density at radius 1 is 0.526 bits per heavy atom. The van der Waals surface area contributed by atoms with Gasteiger partial charge in [0.15, 0.2) is 25.2 Å². The maximum absolute atomic E-state index is 12.9. The molecule has 8 fully saturated rings. The number of aliphatic hydroxyl groups is 15. The van der Waals surface area contributed by atoms with Crippen LogP contribution in [0.1, 0.15) is 120 Å². The molecule has 452 valence electrons. The predicted octanol–water partition coefficient (Wildman–Crippen LogP) is -1.81. The minimum absolute atomic E-state index is 0.0210. The van der Waals surface area contributed by atoms with Gasteiger partial charge in [0.05, 0.1) is 44.2 Å². The SMILES string of the molecule is CC(C)=CCCCC(C)(OC1OC(CO)C(O)C(O)C1OC1OC(CO)C(O)C(O)C1O)C1CCC2(C)C1C(O)CC1C3(C)CCC(OC4OC(CO)C(O)C(O)C4OC4OC(CO)C(O)C(O)C4O)C(C)(C)C3CCC12C. The van der Waals surface area contributed by atoms with Crippen molar-refractivity contribution in [1.82, 2.24) is 0 Å². The van der Waals surface area contributed by atoms with Crippen LogP contribution in [-0.4, -0.2) is 244 Å². The van der Waals surface area contributed by atoms with E-state index < -0.39 is 178 Å². The Morgan fingerprint density at radius 3 is 1.49 bits per heavy atom. The fourth-order valence-corrected chi connectivity index (χ4v) is 16.5. The second-order valence-electron chi connectivity index (χ2n) is 26.1. The van der Waals surface area contributed by atoms with E-state index in [1.807, 2.05) is 20.8 Å². The van der Waals surface area contributed by atoms with Crippen LogP contribution >= 0.6 is 0 Å². The number of allylic oxidation sites excluding steroid dienone is 2. The molecule has 0 aromatic rings. The molecule has 15 N–H and O–H groups in total. The highest BCUT2D eigenvalue weighted by Gasteiger charge is 2.72. The van der Waals surface area contributed by atoms with Crippen LogP contribution in [0.15, 0.2) is 11.6 Å².